The van der Waals surface area contributed by atoms with E-state index in [9.17, 15) is 4.39 Å². The summed E-state index contributed by atoms with van der Waals surface area (Å²) in [4.78, 5) is 4.73. The maximum absolute atomic E-state index is 13.9. The fourth-order valence-electron chi connectivity index (χ4n) is 4.23. The van der Waals surface area contributed by atoms with Crippen molar-refractivity contribution in [2.24, 2.45) is 0 Å². The van der Waals surface area contributed by atoms with Crippen LogP contribution >= 0.6 is 0 Å². The second kappa shape index (κ2) is 6.38. The fraction of sp³-hybridized carbons (Fsp3) is 0.667. The highest BCUT2D eigenvalue weighted by Crippen LogP contribution is 2.37. The van der Waals surface area contributed by atoms with E-state index in [4.69, 9.17) is 9.47 Å². The van der Waals surface area contributed by atoms with Crippen LogP contribution in [0.5, 0.6) is 0 Å². The van der Waals surface area contributed by atoms with Crippen molar-refractivity contribution in [2.75, 3.05) is 44.3 Å². The Hall–Kier alpha value is -1.17. The molecule has 4 rings (SSSR count). The van der Waals surface area contributed by atoms with Gasteiger partial charge in [0, 0.05) is 45.1 Å². The third-order valence-corrected chi connectivity index (χ3v) is 5.55. The van der Waals surface area contributed by atoms with Gasteiger partial charge in [0.2, 0.25) is 0 Å². The molecule has 3 fully saturated rings. The number of rotatable bonds is 2. The van der Waals surface area contributed by atoms with Crippen LogP contribution in [0.1, 0.15) is 25.7 Å². The molecule has 0 aromatic heterocycles. The summed E-state index contributed by atoms with van der Waals surface area (Å²) in [5.41, 5.74) is 0.738. The summed E-state index contributed by atoms with van der Waals surface area (Å²) in [5.74, 6) is -0.387. The van der Waals surface area contributed by atoms with E-state index >= 15 is 0 Å². The Morgan fingerprint density at radius 3 is 2.26 bits per heavy atom. The highest BCUT2D eigenvalue weighted by molar-refractivity contribution is 5.48. The molecule has 4 nitrogen and oxygen atoms in total. The summed E-state index contributed by atoms with van der Waals surface area (Å²) < 4.78 is 25.5. The summed E-state index contributed by atoms with van der Waals surface area (Å²) in [6, 6.07) is 7.71. The molecule has 1 saturated carbocycles. The van der Waals surface area contributed by atoms with Crippen LogP contribution < -0.4 is 4.90 Å². The molecule has 0 N–H and O–H groups in total. The number of ether oxygens (including phenoxy) is 2. The highest BCUT2D eigenvalue weighted by Gasteiger charge is 2.41. The first kappa shape index (κ1) is 15.4. The van der Waals surface area contributed by atoms with E-state index in [1.54, 1.807) is 12.1 Å². The first-order valence-electron chi connectivity index (χ1n) is 8.77. The third kappa shape index (κ3) is 3.10. The molecule has 0 radical (unpaired) electrons. The minimum Gasteiger partial charge on any atom is -0.367 e. The molecule has 1 spiro atoms. The average Bonchev–Trinajstić information content (AvgIpc) is 3.04. The van der Waals surface area contributed by atoms with Crippen molar-refractivity contribution >= 4 is 5.69 Å². The van der Waals surface area contributed by atoms with Gasteiger partial charge in [-0.1, -0.05) is 12.1 Å². The molecule has 23 heavy (non-hydrogen) atoms. The average molecular weight is 320 g/mol. The minimum atomic E-state index is -0.272. The van der Waals surface area contributed by atoms with Gasteiger partial charge in [-0.15, -0.1) is 0 Å². The Bertz CT molecular complexity index is 530. The standard InChI is InChI=1S/C18H25FN2O2/c19-16-3-1-2-4-17(16)21-11-9-20(10-12-21)15-5-7-18(8-6-15)22-13-14-23-18/h1-4,15H,5-14H2. The molecule has 2 aliphatic heterocycles. The molecular weight excluding hydrogens is 295 g/mol. The molecule has 2 heterocycles. The van der Waals surface area contributed by atoms with Gasteiger partial charge in [0.15, 0.2) is 5.79 Å². The van der Waals surface area contributed by atoms with Gasteiger partial charge in [0.05, 0.1) is 18.9 Å². The predicted octanol–water partition coefficient (Wildman–Crippen LogP) is 2.63. The number of halogens is 1. The van der Waals surface area contributed by atoms with Crippen molar-refractivity contribution < 1.29 is 13.9 Å². The van der Waals surface area contributed by atoms with Crippen molar-refractivity contribution in [2.45, 2.75) is 37.5 Å². The van der Waals surface area contributed by atoms with Crippen LogP contribution in [0.2, 0.25) is 0 Å². The largest absolute Gasteiger partial charge is 0.367 e. The summed E-state index contributed by atoms with van der Waals surface area (Å²) in [5, 5.41) is 0. The second-order valence-corrected chi connectivity index (χ2v) is 6.81. The number of benzene rings is 1. The molecule has 3 aliphatic rings. The summed E-state index contributed by atoms with van der Waals surface area (Å²) >= 11 is 0. The van der Waals surface area contributed by atoms with Gasteiger partial charge >= 0.3 is 0 Å². The van der Waals surface area contributed by atoms with Crippen LogP contribution in [0.15, 0.2) is 24.3 Å². The normalized spacial score (nSPS) is 26.0. The number of para-hydroxylation sites is 1. The summed E-state index contributed by atoms with van der Waals surface area (Å²) in [6.07, 6.45) is 4.29. The van der Waals surface area contributed by atoms with Crippen LogP contribution in [0, 0.1) is 5.82 Å². The number of hydrogen-bond acceptors (Lipinski definition) is 4. The molecule has 1 aliphatic carbocycles. The van der Waals surface area contributed by atoms with E-state index in [1.165, 1.54) is 0 Å². The zero-order chi connectivity index (χ0) is 15.7. The monoisotopic (exact) mass is 320 g/mol. The van der Waals surface area contributed by atoms with Crippen molar-refractivity contribution in [3.05, 3.63) is 30.1 Å². The quantitative estimate of drug-likeness (QED) is 0.836. The molecule has 0 atom stereocenters. The molecule has 0 unspecified atom stereocenters. The number of anilines is 1. The molecule has 126 valence electrons. The van der Waals surface area contributed by atoms with E-state index in [0.29, 0.717) is 6.04 Å². The molecular formula is C18H25FN2O2. The van der Waals surface area contributed by atoms with Gasteiger partial charge in [-0.25, -0.2) is 4.39 Å². The van der Waals surface area contributed by atoms with E-state index in [1.807, 2.05) is 12.1 Å². The van der Waals surface area contributed by atoms with Crippen molar-refractivity contribution in [3.8, 4) is 0 Å². The Labute approximate surface area is 137 Å². The first-order valence-corrected chi connectivity index (χ1v) is 8.77. The zero-order valence-electron chi connectivity index (χ0n) is 13.5. The number of hydrogen-bond donors (Lipinski definition) is 0. The molecule has 0 bridgehead atoms. The molecule has 5 heteroatoms. The van der Waals surface area contributed by atoms with Crippen LogP contribution in [0.25, 0.3) is 0 Å². The maximum atomic E-state index is 13.9. The third-order valence-electron chi connectivity index (χ3n) is 5.55. The lowest BCUT2D eigenvalue weighted by Gasteiger charge is -2.44. The predicted molar refractivity (Wildman–Crippen MR) is 87.1 cm³/mol. The fourth-order valence-corrected chi connectivity index (χ4v) is 4.23. The topological polar surface area (TPSA) is 24.9 Å². The van der Waals surface area contributed by atoms with Gasteiger partial charge in [-0.3, -0.25) is 4.90 Å². The van der Waals surface area contributed by atoms with Crippen molar-refractivity contribution in [1.29, 1.82) is 0 Å². The minimum absolute atomic E-state index is 0.115. The maximum Gasteiger partial charge on any atom is 0.168 e. The SMILES string of the molecule is Fc1ccccc1N1CCN(C2CCC3(CC2)OCCO3)CC1. The van der Waals surface area contributed by atoms with Crippen molar-refractivity contribution in [1.82, 2.24) is 4.90 Å². The van der Waals surface area contributed by atoms with Gasteiger partial charge in [0.25, 0.3) is 0 Å². The lowest BCUT2D eigenvalue weighted by Crippen LogP contribution is -2.52. The molecule has 2 saturated heterocycles. The molecule has 1 aromatic rings. The Morgan fingerprint density at radius 2 is 1.61 bits per heavy atom. The highest BCUT2D eigenvalue weighted by atomic mass is 19.1. The Kier molecular flexibility index (Phi) is 4.26. The Morgan fingerprint density at radius 1 is 0.957 bits per heavy atom. The van der Waals surface area contributed by atoms with E-state index in [-0.39, 0.29) is 11.6 Å². The van der Waals surface area contributed by atoms with E-state index in [2.05, 4.69) is 9.80 Å². The van der Waals surface area contributed by atoms with Gasteiger partial charge in [0.1, 0.15) is 5.82 Å². The van der Waals surface area contributed by atoms with E-state index < -0.39 is 0 Å². The van der Waals surface area contributed by atoms with Crippen LogP contribution in [-0.2, 0) is 9.47 Å². The summed E-state index contributed by atoms with van der Waals surface area (Å²) in [7, 11) is 0. The van der Waals surface area contributed by atoms with Crippen LogP contribution in [-0.4, -0.2) is 56.1 Å². The van der Waals surface area contributed by atoms with Gasteiger partial charge in [-0.2, -0.15) is 0 Å². The lowest BCUT2D eigenvalue weighted by atomic mass is 9.88. The van der Waals surface area contributed by atoms with Crippen LogP contribution in [0.3, 0.4) is 0 Å². The Balaban J connectivity index is 1.31. The van der Waals surface area contributed by atoms with Crippen LogP contribution in [0.4, 0.5) is 10.1 Å². The van der Waals surface area contributed by atoms with Gasteiger partial charge < -0.3 is 14.4 Å². The van der Waals surface area contributed by atoms with Crippen molar-refractivity contribution in [3.63, 3.8) is 0 Å². The number of nitrogens with zero attached hydrogens (tertiary/aromatic N) is 2. The number of piperazine rings is 1. The smallest absolute Gasteiger partial charge is 0.168 e. The van der Waals surface area contributed by atoms with Gasteiger partial charge in [-0.05, 0) is 25.0 Å². The van der Waals surface area contributed by atoms with E-state index in [0.717, 1.165) is 70.8 Å². The summed E-state index contributed by atoms with van der Waals surface area (Å²) in [6.45, 7) is 5.30. The second-order valence-electron chi connectivity index (χ2n) is 6.81. The zero-order valence-corrected chi connectivity index (χ0v) is 13.5. The molecule has 1 aromatic carbocycles. The lowest BCUT2D eigenvalue weighted by molar-refractivity contribution is -0.184. The first-order chi connectivity index (χ1) is 11.3. The molecule has 0 amide bonds.